The Kier molecular flexibility index (Phi) is 6.87. The lowest BCUT2D eigenvalue weighted by Gasteiger charge is -2.36. The number of fused-ring (bicyclic) bond motifs is 1. The number of anilines is 2. The highest BCUT2D eigenvalue weighted by Crippen LogP contribution is 2.40. The number of pyridine rings is 1. The molecule has 2 aromatic rings. The number of nitrogens with one attached hydrogen (secondary N) is 4. The fourth-order valence-electron chi connectivity index (χ4n) is 3.50. The van der Waals surface area contributed by atoms with Crippen LogP contribution in [0, 0.1) is 0 Å². The lowest BCUT2D eigenvalue weighted by atomic mass is 10.0. The van der Waals surface area contributed by atoms with Crippen molar-refractivity contribution in [3.8, 4) is 0 Å². The normalized spacial score (nSPS) is 16.9. The number of hydrogen-bond donors (Lipinski definition) is 4. The summed E-state index contributed by atoms with van der Waals surface area (Å²) in [5.74, 6) is 0. The molecule has 1 aliphatic heterocycles. The molecule has 3 rings (SSSR count). The van der Waals surface area contributed by atoms with E-state index in [-0.39, 0.29) is 12.1 Å². The average Bonchev–Trinajstić information content (AvgIpc) is 3.06. The molecule has 0 spiro atoms. The molecule has 164 valence electrons. The monoisotopic (exact) mass is 480 g/mol. The molecule has 1 fully saturated rings. The summed E-state index contributed by atoms with van der Waals surface area (Å²) < 4.78 is 6.40. The number of hydrogen-bond acceptors (Lipinski definition) is 5. The first-order valence-corrected chi connectivity index (χ1v) is 10.9. The molecule has 30 heavy (non-hydrogen) atoms. The minimum atomic E-state index is -0.643. The molecule has 3 heterocycles. The molecule has 1 atom stereocenters. The Balaban J connectivity index is 2.12. The average molecular weight is 481 g/mol. The van der Waals surface area contributed by atoms with Crippen LogP contribution in [-0.4, -0.2) is 53.4 Å². The number of H-pyrrole nitrogens is 1. The highest BCUT2D eigenvalue weighted by molar-refractivity contribution is 9.10. The second-order valence-electron chi connectivity index (χ2n) is 8.22. The van der Waals surface area contributed by atoms with Gasteiger partial charge in [0.25, 0.3) is 0 Å². The molecule has 2 aromatic heterocycles. The van der Waals surface area contributed by atoms with Crippen LogP contribution in [0.1, 0.15) is 40.5 Å². The number of carbonyl (C=O) groups is 2. The molecule has 1 aliphatic rings. The largest absolute Gasteiger partial charge is 0.443 e. The van der Waals surface area contributed by atoms with Gasteiger partial charge in [-0.05, 0) is 63.0 Å². The number of halogens is 1. The topological polar surface area (TPSA) is 111 Å². The number of aromatic nitrogens is 2. The highest BCUT2D eigenvalue weighted by atomic mass is 79.9. The zero-order valence-electron chi connectivity index (χ0n) is 17.8. The predicted molar refractivity (Wildman–Crippen MR) is 121 cm³/mol. The van der Waals surface area contributed by atoms with Crippen LogP contribution < -0.4 is 20.9 Å². The van der Waals surface area contributed by atoms with E-state index in [1.165, 1.54) is 0 Å². The maximum absolute atomic E-state index is 13.3. The predicted octanol–water partition coefficient (Wildman–Crippen LogP) is 3.96. The van der Waals surface area contributed by atoms with Gasteiger partial charge in [0.15, 0.2) is 0 Å². The van der Waals surface area contributed by atoms with Crippen LogP contribution in [0.2, 0.25) is 0 Å². The summed E-state index contributed by atoms with van der Waals surface area (Å²) in [5, 5.41) is 9.56. The molecule has 0 bridgehead atoms. The van der Waals surface area contributed by atoms with Crippen LogP contribution in [0.3, 0.4) is 0 Å². The first-order chi connectivity index (χ1) is 14.2. The molecule has 0 unspecified atom stereocenters. The maximum atomic E-state index is 13.3. The Morgan fingerprint density at radius 2 is 2.17 bits per heavy atom. The molecule has 0 aromatic carbocycles. The van der Waals surface area contributed by atoms with Crippen molar-refractivity contribution in [1.82, 2.24) is 20.6 Å². The molecule has 1 saturated heterocycles. The summed E-state index contributed by atoms with van der Waals surface area (Å²) in [5.41, 5.74) is 1.08. The van der Waals surface area contributed by atoms with E-state index >= 15 is 0 Å². The van der Waals surface area contributed by atoms with Gasteiger partial charge in [-0.15, -0.1) is 0 Å². The summed E-state index contributed by atoms with van der Waals surface area (Å²) in [6.07, 6.45) is 4.68. The molecule has 10 heteroatoms. The van der Waals surface area contributed by atoms with E-state index in [1.807, 2.05) is 27.7 Å². The minimum Gasteiger partial charge on any atom is -0.443 e. The Morgan fingerprint density at radius 3 is 2.80 bits per heavy atom. The fraction of sp³-hybridized carbons (Fsp3) is 0.550. The third kappa shape index (κ3) is 5.04. The Hall–Kier alpha value is -2.33. The van der Waals surface area contributed by atoms with Gasteiger partial charge >= 0.3 is 12.1 Å². The molecule has 0 saturated carbocycles. The molecular weight excluding hydrogens is 452 g/mol. The number of nitrogens with zero attached hydrogens (tertiary/aromatic N) is 2. The quantitative estimate of drug-likeness (QED) is 0.528. The first kappa shape index (κ1) is 22.4. The molecule has 3 amide bonds. The van der Waals surface area contributed by atoms with Crippen molar-refractivity contribution < 1.29 is 14.3 Å². The Morgan fingerprint density at radius 1 is 1.40 bits per heavy atom. The number of amides is 3. The van der Waals surface area contributed by atoms with E-state index in [0.717, 1.165) is 19.4 Å². The smallest absolute Gasteiger partial charge is 0.415 e. The van der Waals surface area contributed by atoms with E-state index in [0.29, 0.717) is 40.0 Å². The Labute approximate surface area is 184 Å². The van der Waals surface area contributed by atoms with E-state index in [9.17, 15) is 9.59 Å². The van der Waals surface area contributed by atoms with E-state index in [1.54, 1.807) is 17.3 Å². The number of rotatable bonds is 4. The second-order valence-corrected chi connectivity index (χ2v) is 9.07. The summed E-state index contributed by atoms with van der Waals surface area (Å²) in [6.45, 7) is 9.45. The van der Waals surface area contributed by atoms with Crippen LogP contribution in [0.4, 0.5) is 21.0 Å². The van der Waals surface area contributed by atoms with Crippen molar-refractivity contribution in [2.24, 2.45) is 0 Å². The van der Waals surface area contributed by atoms with Crippen LogP contribution in [0.25, 0.3) is 11.0 Å². The minimum absolute atomic E-state index is 0.0947. The van der Waals surface area contributed by atoms with Crippen LogP contribution >= 0.6 is 15.9 Å². The van der Waals surface area contributed by atoms with Gasteiger partial charge in [0.05, 0.1) is 27.3 Å². The summed E-state index contributed by atoms with van der Waals surface area (Å²) >= 11 is 3.57. The van der Waals surface area contributed by atoms with Gasteiger partial charge < -0.3 is 25.7 Å². The van der Waals surface area contributed by atoms with Gasteiger partial charge in [-0.3, -0.25) is 4.90 Å². The fourth-order valence-corrected chi connectivity index (χ4v) is 4.00. The van der Waals surface area contributed by atoms with Crippen LogP contribution in [0.15, 0.2) is 16.9 Å². The number of carbonyl (C=O) groups excluding carboxylic acids is 2. The van der Waals surface area contributed by atoms with Crippen molar-refractivity contribution in [1.29, 1.82) is 0 Å². The zero-order valence-corrected chi connectivity index (χ0v) is 19.4. The highest BCUT2D eigenvalue weighted by Gasteiger charge is 2.34. The van der Waals surface area contributed by atoms with E-state index in [2.05, 4.69) is 41.8 Å². The van der Waals surface area contributed by atoms with Crippen molar-refractivity contribution in [2.75, 3.05) is 29.9 Å². The van der Waals surface area contributed by atoms with Crippen molar-refractivity contribution in [3.63, 3.8) is 0 Å². The molecule has 0 aliphatic carbocycles. The second kappa shape index (κ2) is 9.22. The third-order valence-corrected chi connectivity index (χ3v) is 5.26. The number of piperidine rings is 1. The summed E-state index contributed by atoms with van der Waals surface area (Å²) in [6, 6.07) is -0.421. The standard InChI is InChI=1S/C20H29BrN6O3/c1-5-23-18(28)26-14-11-25-17-15(14)16(13(21)10-24-17)27(12-7-6-8-22-9-12)19(29)30-20(2,3)4/h10-12,22H,5-9H2,1-4H3,(H,24,25)(H2,23,26,28)/t12-/m1/s1. The lowest BCUT2D eigenvalue weighted by Crippen LogP contribution is -2.50. The number of urea groups is 1. The van der Waals surface area contributed by atoms with Gasteiger partial charge in [0, 0.05) is 25.5 Å². The summed E-state index contributed by atoms with van der Waals surface area (Å²) in [4.78, 5) is 34.7. The third-order valence-electron chi connectivity index (χ3n) is 4.68. The van der Waals surface area contributed by atoms with E-state index < -0.39 is 11.7 Å². The van der Waals surface area contributed by atoms with Crippen molar-refractivity contribution >= 4 is 50.5 Å². The van der Waals surface area contributed by atoms with Crippen LogP contribution in [0.5, 0.6) is 0 Å². The SMILES string of the molecule is CCNC(=O)Nc1c[nH]c2ncc(Br)c(N(C(=O)OC(C)(C)C)[C@@H]3CCCNC3)c12. The lowest BCUT2D eigenvalue weighted by molar-refractivity contribution is 0.0560. The Bertz CT molecular complexity index is 917. The van der Waals surface area contributed by atoms with Crippen molar-refractivity contribution in [3.05, 3.63) is 16.9 Å². The maximum Gasteiger partial charge on any atom is 0.415 e. The molecule has 4 N–H and O–H groups in total. The van der Waals surface area contributed by atoms with Gasteiger partial charge in [-0.1, -0.05) is 0 Å². The number of ether oxygens (including phenoxy) is 1. The van der Waals surface area contributed by atoms with Gasteiger partial charge in [0.1, 0.15) is 11.2 Å². The van der Waals surface area contributed by atoms with E-state index in [4.69, 9.17) is 4.74 Å². The van der Waals surface area contributed by atoms with Crippen molar-refractivity contribution in [2.45, 2.75) is 52.2 Å². The molecule has 9 nitrogen and oxygen atoms in total. The van der Waals surface area contributed by atoms with Gasteiger partial charge in [0.2, 0.25) is 0 Å². The zero-order chi connectivity index (χ0) is 21.9. The van der Waals surface area contributed by atoms with Gasteiger partial charge in [-0.25, -0.2) is 14.6 Å². The van der Waals surface area contributed by atoms with Crippen LogP contribution in [-0.2, 0) is 4.74 Å². The molecule has 0 radical (unpaired) electrons. The number of aromatic amines is 1. The van der Waals surface area contributed by atoms with Gasteiger partial charge in [-0.2, -0.15) is 0 Å². The summed E-state index contributed by atoms with van der Waals surface area (Å²) in [7, 11) is 0. The first-order valence-electron chi connectivity index (χ1n) is 10.1. The molecular formula is C20H29BrN6O3.